The molecule has 0 saturated heterocycles. The molecule has 1 atom stereocenters. The van der Waals surface area contributed by atoms with E-state index in [1.54, 1.807) is 19.5 Å². The Morgan fingerprint density at radius 3 is 2.72 bits per heavy atom. The molecule has 1 fully saturated rings. The lowest BCUT2D eigenvalue weighted by atomic mass is 9.95. The Balaban J connectivity index is 2.20. The number of methoxy groups -OCH3 is 1. The highest BCUT2D eigenvalue weighted by atomic mass is 16.5. The molecule has 0 amide bonds. The Kier molecular flexibility index (Phi) is 4.93. The van der Waals surface area contributed by atoms with Gasteiger partial charge in [0.05, 0.1) is 13.2 Å². The fourth-order valence-electron chi connectivity index (χ4n) is 2.78. The molecule has 0 bridgehead atoms. The van der Waals surface area contributed by atoms with Crippen LogP contribution in [0, 0.1) is 5.92 Å². The van der Waals surface area contributed by atoms with Crippen molar-refractivity contribution in [1.82, 2.24) is 15.3 Å². The van der Waals surface area contributed by atoms with Crippen LogP contribution in [0.1, 0.15) is 50.8 Å². The summed E-state index contributed by atoms with van der Waals surface area (Å²) < 4.78 is 5.35. The summed E-state index contributed by atoms with van der Waals surface area (Å²) in [6.07, 6.45) is 9.80. The van der Waals surface area contributed by atoms with Crippen LogP contribution in [0.2, 0.25) is 0 Å². The lowest BCUT2D eigenvalue weighted by molar-refractivity contribution is 0.330. The smallest absolute Gasteiger partial charge is 0.237 e. The summed E-state index contributed by atoms with van der Waals surface area (Å²) >= 11 is 0. The number of rotatable bonds is 6. The second kappa shape index (κ2) is 6.69. The van der Waals surface area contributed by atoms with Crippen molar-refractivity contribution >= 4 is 0 Å². The molecule has 1 aromatic heterocycles. The molecular formula is C14H23N3O. The quantitative estimate of drug-likeness (QED) is 0.842. The Bertz CT molecular complexity index is 364. The highest BCUT2D eigenvalue weighted by Gasteiger charge is 2.29. The van der Waals surface area contributed by atoms with Crippen LogP contribution in [0.15, 0.2) is 12.4 Å². The van der Waals surface area contributed by atoms with E-state index in [1.807, 2.05) is 0 Å². The van der Waals surface area contributed by atoms with Gasteiger partial charge in [0.25, 0.3) is 0 Å². The van der Waals surface area contributed by atoms with Gasteiger partial charge in [0.1, 0.15) is 5.69 Å². The second-order valence-electron chi connectivity index (χ2n) is 4.93. The van der Waals surface area contributed by atoms with Crippen LogP contribution in [-0.4, -0.2) is 23.6 Å². The topological polar surface area (TPSA) is 47.0 Å². The van der Waals surface area contributed by atoms with E-state index in [4.69, 9.17) is 4.74 Å². The van der Waals surface area contributed by atoms with Gasteiger partial charge in [-0.15, -0.1) is 0 Å². The molecule has 4 heteroatoms. The summed E-state index contributed by atoms with van der Waals surface area (Å²) in [6, 6.07) is 0.288. The van der Waals surface area contributed by atoms with Crippen LogP contribution in [0.25, 0.3) is 0 Å². The number of hydrogen-bond donors (Lipinski definition) is 1. The zero-order valence-electron chi connectivity index (χ0n) is 11.4. The standard InChI is InChI=1S/C14H23N3O/c1-3-8-15-12(11-6-4-5-7-11)13-14(18-2)17-10-9-16-13/h9-12,15H,3-8H2,1-2H3. The normalized spacial score (nSPS) is 17.9. The van der Waals surface area contributed by atoms with E-state index in [0.29, 0.717) is 11.8 Å². The summed E-state index contributed by atoms with van der Waals surface area (Å²) in [5.41, 5.74) is 0.973. The van der Waals surface area contributed by atoms with Crippen LogP contribution in [0.3, 0.4) is 0 Å². The van der Waals surface area contributed by atoms with Gasteiger partial charge in [-0.05, 0) is 31.7 Å². The molecule has 1 N–H and O–H groups in total. The van der Waals surface area contributed by atoms with Crippen molar-refractivity contribution in [3.05, 3.63) is 18.1 Å². The van der Waals surface area contributed by atoms with Crippen molar-refractivity contribution in [2.24, 2.45) is 5.92 Å². The van der Waals surface area contributed by atoms with E-state index in [1.165, 1.54) is 25.7 Å². The molecule has 1 aromatic rings. The molecule has 1 aliphatic rings. The Morgan fingerprint density at radius 2 is 2.06 bits per heavy atom. The third-order valence-electron chi connectivity index (χ3n) is 3.66. The van der Waals surface area contributed by atoms with Crippen molar-refractivity contribution < 1.29 is 4.74 Å². The van der Waals surface area contributed by atoms with Crippen molar-refractivity contribution in [2.75, 3.05) is 13.7 Å². The number of ether oxygens (including phenoxy) is 1. The van der Waals surface area contributed by atoms with Crippen LogP contribution < -0.4 is 10.1 Å². The Labute approximate surface area is 109 Å². The van der Waals surface area contributed by atoms with Gasteiger partial charge in [-0.3, -0.25) is 4.98 Å². The van der Waals surface area contributed by atoms with Crippen molar-refractivity contribution in [3.8, 4) is 5.88 Å². The number of nitrogens with zero attached hydrogens (tertiary/aromatic N) is 2. The molecule has 1 unspecified atom stereocenters. The minimum Gasteiger partial charge on any atom is -0.480 e. The zero-order chi connectivity index (χ0) is 12.8. The SMILES string of the molecule is CCCNC(c1nccnc1OC)C1CCCC1. The highest BCUT2D eigenvalue weighted by Crippen LogP contribution is 2.37. The lowest BCUT2D eigenvalue weighted by Crippen LogP contribution is -2.29. The van der Waals surface area contributed by atoms with Crippen molar-refractivity contribution in [1.29, 1.82) is 0 Å². The third kappa shape index (κ3) is 2.99. The van der Waals surface area contributed by atoms with Crippen LogP contribution in [0.5, 0.6) is 5.88 Å². The first kappa shape index (κ1) is 13.3. The zero-order valence-corrected chi connectivity index (χ0v) is 11.4. The van der Waals surface area contributed by atoms with Gasteiger partial charge in [0.15, 0.2) is 0 Å². The van der Waals surface area contributed by atoms with Gasteiger partial charge >= 0.3 is 0 Å². The van der Waals surface area contributed by atoms with Gasteiger partial charge in [0, 0.05) is 12.4 Å². The molecular weight excluding hydrogens is 226 g/mol. The number of aromatic nitrogens is 2. The number of nitrogens with one attached hydrogen (secondary N) is 1. The summed E-state index contributed by atoms with van der Waals surface area (Å²) in [5, 5.41) is 3.62. The maximum Gasteiger partial charge on any atom is 0.237 e. The summed E-state index contributed by atoms with van der Waals surface area (Å²) in [5.74, 6) is 1.33. The van der Waals surface area contributed by atoms with E-state index in [0.717, 1.165) is 18.7 Å². The minimum absolute atomic E-state index is 0.288. The van der Waals surface area contributed by atoms with Gasteiger partial charge in [0.2, 0.25) is 5.88 Å². The monoisotopic (exact) mass is 249 g/mol. The average molecular weight is 249 g/mol. The fraction of sp³-hybridized carbons (Fsp3) is 0.714. The van der Waals surface area contributed by atoms with E-state index in [9.17, 15) is 0 Å². The van der Waals surface area contributed by atoms with E-state index in [2.05, 4.69) is 22.2 Å². The molecule has 100 valence electrons. The average Bonchev–Trinajstić information content (AvgIpc) is 2.94. The first-order valence-electron chi connectivity index (χ1n) is 6.95. The highest BCUT2D eigenvalue weighted by molar-refractivity contribution is 5.22. The molecule has 18 heavy (non-hydrogen) atoms. The van der Waals surface area contributed by atoms with Gasteiger partial charge < -0.3 is 10.1 Å². The maximum absolute atomic E-state index is 5.35. The fourth-order valence-corrected chi connectivity index (χ4v) is 2.78. The molecule has 1 heterocycles. The van der Waals surface area contributed by atoms with Crippen LogP contribution in [-0.2, 0) is 0 Å². The number of hydrogen-bond acceptors (Lipinski definition) is 4. The molecule has 0 radical (unpaired) electrons. The minimum atomic E-state index is 0.288. The molecule has 1 aliphatic carbocycles. The third-order valence-corrected chi connectivity index (χ3v) is 3.66. The maximum atomic E-state index is 5.35. The Morgan fingerprint density at radius 1 is 1.33 bits per heavy atom. The van der Waals surface area contributed by atoms with Crippen LogP contribution in [0.4, 0.5) is 0 Å². The molecule has 4 nitrogen and oxygen atoms in total. The summed E-state index contributed by atoms with van der Waals surface area (Å²) in [4.78, 5) is 8.77. The molecule has 0 aromatic carbocycles. The lowest BCUT2D eigenvalue weighted by Gasteiger charge is -2.25. The molecule has 0 aliphatic heterocycles. The second-order valence-corrected chi connectivity index (χ2v) is 4.93. The van der Waals surface area contributed by atoms with Crippen molar-refractivity contribution in [2.45, 2.75) is 45.1 Å². The van der Waals surface area contributed by atoms with E-state index in [-0.39, 0.29) is 6.04 Å². The van der Waals surface area contributed by atoms with Crippen LogP contribution >= 0.6 is 0 Å². The first-order chi connectivity index (χ1) is 8.86. The molecule has 2 rings (SSSR count). The van der Waals surface area contributed by atoms with Gasteiger partial charge in [-0.25, -0.2) is 4.98 Å². The van der Waals surface area contributed by atoms with Crippen molar-refractivity contribution in [3.63, 3.8) is 0 Å². The summed E-state index contributed by atoms with van der Waals surface area (Å²) in [6.45, 7) is 3.20. The largest absolute Gasteiger partial charge is 0.480 e. The van der Waals surface area contributed by atoms with Gasteiger partial charge in [-0.1, -0.05) is 19.8 Å². The first-order valence-corrected chi connectivity index (χ1v) is 6.95. The molecule has 1 saturated carbocycles. The molecule has 0 spiro atoms. The predicted molar refractivity (Wildman–Crippen MR) is 71.6 cm³/mol. The van der Waals surface area contributed by atoms with E-state index >= 15 is 0 Å². The predicted octanol–water partition coefficient (Wildman–Crippen LogP) is 2.72. The van der Waals surface area contributed by atoms with Gasteiger partial charge in [-0.2, -0.15) is 0 Å². The summed E-state index contributed by atoms with van der Waals surface area (Å²) in [7, 11) is 1.67. The Hall–Kier alpha value is -1.16. The van der Waals surface area contributed by atoms with E-state index < -0.39 is 0 Å².